The standard InChI is InChI=1S/C24H25FN6O2/c1-15-17(23(32)30-19-8-4-3-7-18(19)25)14-28-22(29-15)20-9-5-6-12-31(20)24(33)16-10-11-27-21(13-16)26-2/h3-4,7-8,10-11,13-14,20H,5-6,9,12H2,1-2H3,(H,26,27)(H,30,32)/t20-/m1/s1. The van der Waals surface area contributed by atoms with Crippen molar-refractivity contribution in [2.24, 2.45) is 0 Å². The lowest BCUT2D eigenvalue weighted by molar-refractivity contribution is 0.0599. The Morgan fingerprint density at radius 1 is 1.15 bits per heavy atom. The molecule has 0 aliphatic carbocycles. The molecule has 1 fully saturated rings. The number of anilines is 2. The largest absolute Gasteiger partial charge is 0.373 e. The van der Waals surface area contributed by atoms with E-state index in [2.05, 4.69) is 25.6 Å². The van der Waals surface area contributed by atoms with Gasteiger partial charge >= 0.3 is 0 Å². The second kappa shape index (κ2) is 9.72. The van der Waals surface area contributed by atoms with Gasteiger partial charge in [-0.3, -0.25) is 9.59 Å². The minimum absolute atomic E-state index is 0.0910. The molecule has 0 saturated carbocycles. The van der Waals surface area contributed by atoms with Crippen LogP contribution < -0.4 is 10.6 Å². The number of nitrogens with zero attached hydrogens (tertiary/aromatic N) is 4. The Labute approximate surface area is 191 Å². The van der Waals surface area contributed by atoms with E-state index in [-0.39, 0.29) is 23.2 Å². The highest BCUT2D eigenvalue weighted by atomic mass is 19.1. The predicted octanol–water partition coefficient (Wildman–Crippen LogP) is 3.98. The molecule has 1 saturated heterocycles. The molecular formula is C24H25FN6O2. The zero-order chi connectivity index (χ0) is 23.4. The number of carbonyl (C=O) groups is 2. The first-order valence-electron chi connectivity index (χ1n) is 10.8. The Bertz CT molecular complexity index is 1190. The first kappa shape index (κ1) is 22.3. The molecule has 8 nitrogen and oxygen atoms in total. The summed E-state index contributed by atoms with van der Waals surface area (Å²) in [5.41, 5.74) is 1.35. The molecule has 1 atom stereocenters. The molecule has 0 radical (unpaired) electrons. The molecule has 0 unspecified atom stereocenters. The molecule has 3 aromatic rings. The minimum Gasteiger partial charge on any atom is -0.373 e. The monoisotopic (exact) mass is 448 g/mol. The minimum atomic E-state index is -0.519. The first-order valence-corrected chi connectivity index (χ1v) is 10.8. The van der Waals surface area contributed by atoms with E-state index in [0.717, 1.165) is 19.3 Å². The van der Waals surface area contributed by atoms with Crippen LogP contribution in [0, 0.1) is 12.7 Å². The fourth-order valence-corrected chi connectivity index (χ4v) is 3.93. The van der Waals surface area contributed by atoms with Crippen molar-refractivity contribution < 1.29 is 14.0 Å². The Kier molecular flexibility index (Phi) is 6.58. The Morgan fingerprint density at radius 3 is 2.73 bits per heavy atom. The lowest BCUT2D eigenvalue weighted by Gasteiger charge is -2.35. The number of nitrogens with one attached hydrogen (secondary N) is 2. The van der Waals surface area contributed by atoms with E-state index in [1.165, 1.54) is 18.3 Å². The normalized spacial score (nSPS) is 15.7. The maximum atomic E-state index is 13.9. The van der Waals surface area contributed by atoms with Gasteiger partial charge in [-0.05, 0) is 50.5 Å². The Balaban J connectivity index is 1.57. The van der Waals surface area contributed by atoms with E-state index in [4.69, 9.17) is 0 Å². The summed E-state index contributed by atoms with van der Waals surface area (Å²) in [4.78, 5) is 40.9. The van der Waals surface area contributed by atoms with Crippen LogP contribution in [0.3, 0.4) is 0 Å². The average molecular weight is 449 g/mol. The molecule has 3 heterocycles. The van der Waals surface area contributed by atoms with E-state index in [1.54, 1.807) is 49.3 Å². The molecule has 170 valence electrons. The summed E-state index contributed by atoms with van der Waals surface area (Å²) in [6.45, 7) is 2.30. The molecule has 9 heteroatoms. The molecule has 1 aromatic carbocycles. The number of pyridine rings is 1. The van der Waals surface area contributed by atoms with Gasteiger partial charge < -0.3 is 15.5 Å². The van der Waals surface area contributed by atoms with Crippen molar-refractivity contribution in [2.45, 2.75) is 32.2 Å². The number of hydrogen-bond donors (Lipinski definition) is 2. The summed E-state index contributed by atoms with van der Waals surface area (Å²) in [6.07, 6.45) is 5.62. The number of aromatic nitrogens is 3. The van der Waals surface area contributed by atoms with Crippen molar-refractivity contribution in [3.8, 4) is 0 Å². The van der Waals surface area contributed by atoms with E-state index in [0.29, 0.717) is 29.4 Å². The lowest BCUT2D eigenvalue weighted by Crippen LogP contribution is -2.39. The van der Waals surface area contributed by atoms with Crippen LogP contribution in [-0.4, -0.2) is 45.3 Å². The quantitative estimate of drug-likeness (QED) is 0.612. The first-order chi connectivity index (χ1) is 16.0. The second-order valence-corrected chi connectivity index (χ2v) is 7.85. The number of hydrogen-bond acceptors (Lipinski definition) is 6. The third-order valence-electron chi connectivity index (χ3n) is 5.69. The molecular weight excluding hydrogens is 423 g/mol. The summed E-state index contributed by atoms with van der Waals surface area (Å²) in [5.74, 6) is -0.00844. The number of benzene rings is 1. The van der Waals surface area contributed by atoms with Gasteiger partial charge in [-0.25, -0.2) is 19.3 Å². The maximum Gasteiger partial charge on any atom is 0.259 e. The zero-order valence-corrected chi connectivity index (χ0v) is 18.5. The zero-order valence-electron chi connectivity index (χ0n) is 18.5. The summed E-state index contributed by atoms with van der Waals surface area (Å²) in [6, 6.07) is 9.08. The number of halogens is 1. The number of rotatable bonds is 5. The van der Waals surface area contributed by atoms with Crippen molar-refractivity contribution in [2.75, 3.05) is 24.2 Å². The van der Waals surface area contributed by atoms with Gasteiger partial charge in [0.05, 0.1) is 23.0 Å². The van der Waals surface area contributed by atoms with Crippen molar-refractivity contribution >= 4 is 23.3 Å². The van der Waals surface area contributed by atoms with Gasteiger partial charge in [0, 0.05) is 31.5 Å². The van der Waals surface area contributed by atoms with Crippen molar-refractivity contribution in [1.29, 1.82) is 0 Å². The van der Waals surface area contributed by atoms with Crippen molar-refractivity contribution in [3.05, 3.63) is 77.3 Å². The highest BCUT2D eigenvalue weighted by Crippen LogP contribution is 2.31. The SMILES string of the molecule is CNc1cc(C(=O)N2CCCC[C@@H]2c2ncc(C(=O)Nc3ccccc3F)c(C)n2)ccn1. The number of piperidine rings is 1. The molecule has 2 aromatic heterocycles. The molecule has 1 aliphatic rings. The van der Waals surface area contributed by atoms with Crippen LogP contribution in [0.1, 0.15) is 57.5 Å². The van der Waals surface area contributed by atoms with Crippen LogP contribution in [0.15, 0.2) is 48.8 Å². The number of amides is 2. The molecule has 1 aliphatic heterocycles. The number of likely N-dealkylation sites (tertiary alicyclic amines) is 1. The van der Waals surface area contributed by atoms with E-state index < -0.39 is 11.7 Å². The van der Waals surface area contributed by atoms with Gasteiger partial charge in [0.25, 0.3) is 11.8 Å². The van der Waals surface area contributed by atoms with Gasteiger partial charge in [0.15, 0.2) is 5.82 Å². The van der Waals surface area contributed by atoms with Gasteiger partial charge in [-0.15, -0.1) is 0 Å². The van der Waals surface area contributed by atoms with E-state index in [1.807, 2.05) is 0 Å². The van der Waals surface area contributed by atoms with Crippen LogP contribution in [0.4, 0.5) is 15.9 Å². The smallest absolute Gasteiger partial charge is 0.259 e. The molecule has 0 bridgehead atoms. The number of carbonyl (C=O) groups excluding carboxylic acids is 2. The van der Waals surface area contributed by atoms with Gasteiger partial charge in [0.1, 0.15) is 11.6 Å². The molecule has 2 amide bonds. The number of para-hydroxylation sites is 1. The van der Waals surface area contributed by atoms with Gasteiger partial charge in [-0.1, -0.05) is 12.1 Å². The molecule has 2 N–H and O–H groups in total. The Morgan fingerprint density at radius 2 is 1.97 bits per heavy atom. The summed E-state index contributed by atoms with van der Waals surface area (Å²) in [5, 5.41) is 5.50. The van der Waals surface area contributed by atoms with Crippen LogP contribution in [0.25, 0.3) is 0 Å². The maximum absolute atomic E-state index is 13.9. The highest BCUT2D eigenvalue weighted by molar-refractivity contribution is 6.04. The summed E-state index contributed by atoms with van der Waals surface area (Å²) >= 11 is 0. The average Bonchev–Trinajstić information content (AvgIpc) is 2.85. The Hall–Kier alpha value is -3.88. The van der Waals surface area contributed by atoms with Crippen LogP contribution in [-0.2, 0) is 0 Å². The second-order valence-electron chi connectivity index (χ2n) is 7.85. The summed E-state index contributed by atoms with van der Waals surface area (Å²) < 4.78 is 13.9. The predicted molar refractivity (Wildman–Crippen MR) is 123 cm³/mol. The lowest BCUT2D eigenvalue weighted by atomic mass is 9.99. The van der Waals surface area contributed by atoms with Gasteiger partial charge in [-0.2, -0.15) is 0 Å². The van der Waals surface area contributed by atoms with Crippen LogP contribution >= 0.6 is 0 Å². The van der Waals surface area contributed by atoms with E-state index in [9.17, 15) is 14.0 Å². The molecule has 4 rings (SSSR count). The fourth-order valence-electron chi connectivity index (χ4n) is 3.93. The van der Waals surface area contributed by atoms with E-state index >= 15 is 0 Å². The van der Waals surface area contributed by atoms with Crippen LogP contribution in [0.2, 0.25) is 0 Å². The number of aryl methyl sites for hydroxylation is 1. The molecule has 0 spiro atoms. The topological polar surface area (TPSA) is 100 Å². The van der Waals surface area contributed by atoms with Gasteiger partial charge in [0.2, 0.25) is 0 Å². The third-order valence-corrected chi connectivity index (χ3v) is 5.69. The molecule has 33 heavy (non-hydrogen) atoms. The highest BCUT2D eigenvalue weighted by Gasteiger charge is 2.31. The fraction of sp³-hybridized carbons (Fsp3) is 0.292. The van der Waals surface area contributed by atoms with Crippen molar-refractivity contribution in [1.82, 2.24) is 19.9 Å². The summed E-state index contributed by atoms with van der Waals surface area (Å²) in [7, 11) is 1.75. The van der Waals surface area contributed by atoms with Crippen LogP contribution in [0.5, 0.6) is 0 Å². The third kappa shape index (κ3) is 4.82. The van der Waals surface area contributed by atoms with Crippen molar-refractivity contribution in [3.63, 3.8) is 0 Å².